The van der Waals surface area contributed by atoms with E-state index in [0.29, 0.717) is 5.75 Å². The molecule has 0 aromatic heterocycles. The average Bonchev–Trinajstić information content (AvgIpc) is 2.96. The monoisotopic (exact) mass is 596 g/mol. The summed E-state index contributed by atoms with van der Waals surface area (Å²) in [6.07, 6.45) is 0. The fourth-order valence-corrected chi connectivity index (χ4v) is 4.30. The molecule has 0 heterocycles. The third-order valence-electron chi connectivity index (χ3n) is 6.14. The molecule has 0 atom stereocenters. The van der Waals surface area contributed by atoms with Crippen molar-refractivity contribution < 1.29 is 29.5 Å². The molecule has 0 radical (unpaired) electrons. The van der Waals surface area contributed by atoms with Gasteiger partial charge in [-0.15, -0.1) is 0 Å². The Morgan fingerprint density at radius 3 is 1.16 bits per heavy atom. The van der Waals surface area contributed by atoms with Gasteiger partial charge >= 0.3 is 0 Å². The molecule has 0 bridgehead atoms. The van der Waals surface area contributed by atoms with Crippen LogP contribution < -0.4 is 14.2 Å². The zero-order valence-corrected chi connectivity index (χ0v) is 26.9. The van der Waals surface area contributed by atoms with Crippen LogP contribution in [0.3, 0.4) is 0 Å². The normalized spacial score (nSPS) is 9.64. The lowest BCUT2D eigenvalue weighted by Gasteiger charge is -2.06. The molecule has 0 unspecified atom stereocenters. The van der Waals surface area contributed by atoms with E-state index in [4.69, 9.17) is 29.5 Å². The maximum absolute atomic E-state index is 9.04. The predicted molar refractivity (Wildman–Crippen MR) is 180 cm³/mol. The van der Waals surface area contributed by atoms with E-state index in [2.05, 4.69) is 51.1 Å². The van der Waals surface area contributed by atoms with Crippen molar-refractivity contribution in [3.8, 4) is 45.6 Å². The molecular formula is C38H44O6. The molecule has 5 rings (SSSR count). The highest BCUT2D eigenvalue weighted by Crippen LogP contribution is 2.25. The highest BCUT2D eigenvalue weighted by atomic mass is 16.5. The number of hydrogen-bond donors (Lipinski definition) is 3. The first-order chi connectivity index (χ1) is 20.9. The van der Waals surface area contributed by atoms with E-state index in [1.807, 2.05) is 49.4 Å². The zero-order chi connectivity index (χ0) is 32.6. The number of phenolic OH excluding ortho intramolecular Hbond substituents is 3. The van der Waals surface area contributed by atoms with Crippen LogP contribution >= 0.6 is 0 Å². The van der Waals surface area contributed by atoms with Crippen molar-refractivity contribution in [2.24, 2.45) is 0 Å². The quantitative estimate of drug-likeness (QED) is 0.192. The van der Waals surface area contributed by atoms with Crippen LogP contribution in [-0.2, 0) is 0 Å². The Labute approximate surface area is 261 Å². The Kier molecular flexibility index (Phi) is 14.2. The van der Waals surface area contributed by atoms with Crippen LogP contribution in [0.25, 0.3) is 11.1 Å². The van der Waals surface area contributed by atoms with Crippen LogP contribution in [0.2, 0.25) is 0 Å². The van der Waals surface area contributed by atoms with Crippen molar-refractivity contribution in [2.75, 3.05) is 21.3 Å². The molecule has 6 nitrogen and oxygen atoms in total. The van der Waals surface area contributed by atoms with Gasteiger partial charge in [0.05, 0.1) is 21.3 Å². The first-order valence-corrected chi connectivity index (χ1v) is 14.1. The minimum atomic E-state index is 0.104. The maximum atomic E-state index is 9.04. The van der Waals surface area contributed by atoms with Crippen LogP contribution in [0, 0.1) is 34.6 Å². The van der Waals surface area contributed by atoms with Crippen molar-refractivity contribution in [2.45, 2.75) is 34.6 Å². The van der Waals surface area contributed by atoms with E-state index >= 15 is 0 Å². The smallest absolute Gasteiger partial charge is 0.122 e. The van der Waals surface area contributed by atoms with E-state index < -0.39 is 0 Å². The third-order valence-corrected chi connectivity index (χ3v) is 6.14. The van der Waals surface area contributed by atoms with E-state index in [1.165, 1.54) is 33.9 Å². The van der Waals surface area contributed by atoms with E-state index in [1.54, 1.807) is 52.5 Å². The van der Waals surface area contributed by atoms with Crippen LogP contribution in [0.15, 0.2) is 103 Å². The summed E-state index contributed by atoms with van der Waals surface area (Å²) in [5.41, 5.74) is 7.98. The van der Waals surface area contributed by atoms with Gasteiger partial charge in [0.25, 0.3) is 0 Å². The molecule has 0 saturated heterocycles. The lowest BCUT2D eigenvalue weighted by atomic mass is 10.0. The van der Waals surface area contributed by atoms with Gasteiger partial charge in [0, 0.05) is 12.1 Å². The fraction of sp³-hybridized carbons (Fsp3) is 0.211. The molecular weight excluding hydrogens is 552 g/mol. The van der Waals surface area contributed by atoms with Gasteiger partial charge in [-0.25, -0.2) is 0 Å². The molecule has 0 aliphatic rings. The summed E-state index contributed by atoms with van der Waals surface area (Å²) in [4.78, 5) is 0. The molecule has 6 heteroatoms. The second-order valence-corrected chi connectivity index (χ2v) is 10.4. The molecule has 0 amide bonds. The lowest BCUT2D eigenvalue weighted by molar-refractivity contribution is 0.407. The Morgan fingerprint density at radius 1 is 0.364 bits per heavy atom. The molecule has 0 saturated carbocycles. The van der Waals surface area contributed by atoms with Crippen LogP contribution in [0.5, 0.6) is 34.5 Å². The van der Waals surface area contributed by atoms with Gasteiger partial charge in [-0.05, 0) is 122 Å². The number of ether oxygens (including phenoxy) is 3. The van der Waals surface area contributed by atoms with Gasteiger partial charge in [0.1, 0.15) is 34.5 Å². The number of rotatable bonds is 4. The van der Waals surface area contributed by atoms with Crippen molar-refractivity contribution in [3.05, 3.63) is 131 Å². The molecule has 44 heavy (non-hydrogen) atoms. The minimum Gasteiger partial charge on any atom is -0.508 e. The zero-order valence-electron chi connectivity index (χ0n) is 26.9. The Morgan fingerprint density at radius 2 is 0.727 bits per heavy atom. The number of aryl methyl sites for hydroxylation is 5. The molecule has 3 N–H and O–H groups in total. The van der Waals surface area contributed by atoms with Crippen molar-refractivity contribution in [3.63, 3.8) is 0 Å². The van der Waals surface area contributed by atoms with Gasteiger partial charge in [-0.1, -0.05) is 42.5 Å². The second-order valence-electron chi connectivity index (χ2n) is 10.4. The third kappa shape index (κ3) is 12.8. The first-order valence-electron chi connectivity index (χ1n) is 14.1. The van der Waals surface area contributed by atoms with Gasteiger partial charge in [-0.3, -0.25) is 0 Å². The maximum Gasteiger partial charge on any atom is 0.122 e. The van der Waals surface area contributed by atoms with Crippen molar-refractivity contribution in [1.82, 2.24) is 0 Å². The van der Waals surface area contributed by atoms with Gasteiger partial charge in [0.15, 0.2) is 0 Å². The lowest BCUT2D eigenvalue weighted by Crippen LogP contribution is -1.86. The van der Waals surface area contributed by atoms with Gasteiger partial charge < -0.3 is 29.5 Å². The van der Waals surface area contributed by atoms with E-state index in [-0.39, 0.29) is 17.2 Å². The number of phenols is 3. The van der Waals surface area contributed by atoms with Gasteiger partial charge in [0.2, 0.25) is 0 Å². The molecule has 0 fully saturated rings. The van der Waals surface area contributed by atoms with E-state index in [9.17, 15) is 0 Å². The Hall–Kier alpha value is -5.10. The van der Waals surface area contributed by atoms with Crippen molar-refractivity contribution in [1.29, 1.82) is 0 Å². The highest BCUT2D eigenvalue weighted by Gasteiger charge is 2.00. The number of benzene rings is 5. The number of aromatic hydroxyl groups is 3. The Bertz CT molecular complexity index is 1450. The molecule has 232 valence electrons. The van der Waals surface area contributed by atoms with E-state index in [0.717, 1.165) is 22.6 Å². The summed E-state index contributed by atoms with van der Waals surface area (Å²) in [6.45, 7) is 9.92. The summed E-state index contributed by atoms with van der Waals surface area (Å²) >= 11 is 0. The molecule has 5 aromatic carbocycles. The first kappa shape index (κ1) is 35.1. The molecule has 0 aliphatic heterocycles. The van der Waals surface area contributed by atoms with Crippen LogP contribution in [-0.4, -0.2) is 36.6 Å². The predicted octanol–water partition coefficient (Wildman–Crippen LogP) is 9.10. The van der Waals surface area contributed by atoms with Crippen molar-refractivity contribution >= 4 is 0 Å². The van der Waals surface area contributed by atoms with Crippen LogP contribution in [0.1, 0.15) is 27.8 Å². The SMILES string of the molecule is COc1cc(C)cc(-c2ccccc2)c1.COc1cc(C)cc(C)c1.COc1cc(C)cc(O)c1.Cc1cc(O)cc(O)c1. The average molecular weight is 597 g/mol. The minimum absolute atomic E-state index is 0.104. The molecule has 0 aliphatic carbocycles. The number of hydrogen-bond acceptors (Lipinski definition) is 6. The Balaban J connectivity index is 0.000000210. The standard InChI is InChI=1S/C14H14O.C9H12O.C8H10O2.C7H8O2/c1-11-8-13(10-14(9-11)15-2)12-6-4-3-5-7-12;1-7-4-8(2)6-9(5-7)10-3;1-6-3-7(9)5-8(4-6)10-2;1-5-2-6(8)4-7(9)3-5/h3-10H,1-2H3;4-6H,1-3H3;3-5,9H,1-2H3;2-4,8-9H,1H3. The highest BCUT2D eigenvalue weighted by molar-refractivity contribution is 5.66. The molecule has 0 spiro atoms. The fourth-order valence-electron chi connectivity index (χ4n) is 4.30. The molecule has 5 aromatic rings. The summed E-state index contributed by atoms with van der Waals surface area (Å²) in [5, 5.41) is 26.7. The topological polar surface area (TPSA) is 88.4 Å². The largest absolute Gasteiger partial charge is 0.508 e. The summed E-state index contributed by atoms with van der Waals surface area (Å²) in [7, 11) is 4.96. The number of methoxy groups -OCH3 is 3. The summed E-state index contributed by atoms with van der Waals surface area (Å²) < 4.78 is 15.2. The second kappa shape index (κ2) is 17.8. The summed E-state index contributed by atoms with van der Waals surface area (Å²) in [5.74, 6) is 3.00. The van der Waals surface area contributed by atoms with Crippen LogP contribution in [0.4, 0.5) is 0 Å². The summed E-state index contributed by atoms with van der Waals surface area (Å²) in [6, 6.07) is 32.3. The van der Waals surface area contributed by atoms with Gasteiger partial charge in [-0.2, -0.15) is 0 Å².